The highest BCUT2D eigenvalue weighted by Gasteiger charge is 2.30. The van der Waals surface area contributed by atoms with Crippen molar-refractivity contribution >= 4 is 34.7 Å². The summed E-state index contributed by atoms with van der Waals surface area (Å²) in [5.74, 6) is 0.322. The number of alkyl halides is 3. The standard InChI is InChI=1S/C18H12Cl2F3N3/c1-10-9-24-26-17(25-13-5-6-14(19)15(20)8-13)16(10)11-3-2-4-12(7-11)18(21,22)23/h2-9H,1H3,(H,25,26). The Kier molecular flexibility index (Phi) is 5.07. The van der Waals surface area contributed by atoms with E-state index in [1.165, 1.54) is 12.3 Å². The average molecular weight is 398 g/mol. The van der Waals surface area contributed by atoms with Crippen LogP contribution in [0.25, 0.3) is 11.1 Å². The number of nitrogens with zero attached hydrogens (tertiary/aromatic N) is 2. The number of halogens is 5. The summed E-state index contributed by atoms with van der Waals surface area (Å²) in [6, 6.07) is 9.97. The minimum absolute atomic E-state index is 0.322. The first-order valence-electron chi connectivity index (χ1n) is 7.47. The molecule has 0 bridgehead atoms. The van der Waals surface area contributed by atoms with Gasteiger partial charge in [-0.1, -0.05) is 35.3 Å². The van der Waals surface area contributed by atoms with E-state index in [9.17, 15) is 13.2 Å². The summed E-state index contributed by atoms with van der Waals surface area (Å²) in [7, 11) is 0. The van der Waals surface area contributed by atoms with Crippen LogP contribution in [0.3, 0.4) is 0 Å². The van der Waals surface area contributed by atoms with Gasteiger partial charge in [-0.3, -0.25) is 0 Å². The number of anilines is 2. The zero-order valence-corrected chi connectivity index (χ0v) is 14.9. The fourth-order valence-corrected chi connectivity index (χ4v) is 2.79. The molecule has 26 heavy (non-hydrogen) atoms. The molecule has 0 fully saturated rings. The second-order valence-corrected chi connectivity index (χ2v) is 6.40. The van der Waals surface area contributed by atoms with Crippen LogP contribution >= 0.6 is 23.2 Å². The van der Waals surface area contributed by atoms with E-state index in [1.807, 2.05) is 0 Å². The Labute approximate surface area is 157 Å². The lowest BCUT2D eigenvalue weighted by molar-refractivity contribution is -0.137. The van der Waals surface area contributed by atoms with Crippen molar-refractivity contribution in [2.45, 2.75) is 13.1 Å². The van der Waals surface area contributed by atoms with Crippen molar-refractivity contribution in [2.24, 2.45) is 0 Å². The van der Waals surface area contributed by atoms with Crippen LogP contribution in [0.2, 0.25) is 10.0 Å². The number of aromatic nitrogens is 2. The third kappa shape index (κ3) is 3.92. The second-order valence-electron chi connectivity index (χ2n) is 5.58. The molecule has 0 saturated heterocycles. The molecule has 0 amide bonds. The normalized spacial score (nSPS) is 11.5. The number of benzene rings is 2. The largest absolute Gasteiger partial charge is 0.416 e. The summed E-state index contributed by atoms with van der Waals surface area (Å²) in [5, 5.41) is 11.7. The summed E-state index contributed by atoms with van der Waals surface area (Å²) < 4.78 is 39.1. The van der Waals surface area contributed by atoms with Crippen LogP contribution in [0.5, 0.6) is 0 Å². The molecular weight excluding hydrogens is 386 g/mol. The summed E-state index contributed by atoms with van der Waals surface area (Å²) in [5.41, 5.74) is 1.45. The van der Waals surface area contributed by atoms with Gasteiger partial charge in [0.05, 0.1) is 21.8 Å². The van der Waals surface area contributed by atoms with Crippen LogP contribution in [0.4, 0.5) is 24.7 Å². The third-order valence-corrected chi connectivity index (χ3v) is 4.44. The minimum Gasteiger partial charge on any atom is -0.338 e. The highest BCUT2D eigenvalue weighted by atomic mass is 35.5. The molecule has 0 radical (unpaired) electrons. The molecule has 8 heteroatoms. The van der Waals surface area contributed by atoms with E-state index in [1.54, 1.807) is 31.2 Å². The molecule has 3 nitrogen and oxygen atoms in total. The van der Waals surface area contributed by atoms with Crippen molar-refractivity contribution in [1.29, 1.82) is 0 Å². The predicted molar refractivity (Wildman–Crippen MR) is 97.0 cm³/mol. The minimum atomic E-state index is -4.43. The molecule has 0 aliphatic carbocycles. The number of rotatable bonds is 3. The third-order valence-electron chi connectivity index (χ3n) is 3.70. The van der Waals surface area contributed by atoms with Crippen molar-refractivity contribution in [1.82, 2.24) is 10.2 Å². The van der Waals surface area contributed by atoms with Gasteiger partial charge in [-0.2, -0.15) is 18.3 Å². The summed E-state index contributed by atoms with van der Waals surface area (Å²) in [6.45, 7) is 1.75. The lowest BCUT2D eigenvalue weighted by atomic mass is 10.00. The Hall–Kier alpha value is -2.31. The van der Waals surface area contributed by atoms with E-state index >= 15 is 0 Å². The van der Waals surface area contributed by atoms with Gasteiger partial charge in [-0.05, 0) is 48.4 Å². The van der Waals surface area contributed by atoms with Crippen LogP contribution in [-0.2, 0) is 6.18 Å². The van der Waals surface area contributed by atoms with Crippen molar-refractivity contribution in [3.05, 3.63) is 69.8 Å². The predicted octanol–water partition coefficient (Wildman–Crippen LogP) is 6.52. The fourth-order valence-electron chi connectivity index (χ4n) is 2.49. The maximum atomic E-state index is 13.0. The zero-order chi connectivity index (χ0) is 18.9. The Morgan fingerprint density at radius 2 is 1.77 bits per heavy atom. The average Bonchev–Trinajstić information content (AvgIpc) is 2.58. The van der Waals surface area contributed by atoms with E-state index in [-0.39, 0.29) is 0 Å². The van der Waals surface area contributed by atoms with Gasteiger partial charge in [0.2, 0.25) is 0 Å². The van der Waals surface area contributed by atoms with Gasteiger partial charge in [0.1, 0.15) is 0 Å². The van der Waals surface area contributed by atoms with Gasteiger partial charge in [0, 0.05) is 11.3 Å². The Balaban J connectivity index is 2.07. The number of hydrogen-bond acceptors (Lipinski definition) is 3. The van der Waals surface area contributed by atoms with Crippen molar-refractivity contribution in [3.63, 3.8) is 0 Å². The number of aryl methyl sites for hydroxylation is 1. The molecule has 0 unspecified atom stereocenters. The molecule has 1 N–H and O–H groups in total. The van der Waals surface area contributed by atoms with E-state index in [2.05, 4.69) is 15.5 Å². The lowest BCUT2D eigenvalue weighted by Gasteiger charge is -2.15. The molecule has 0 atom stereocenters. The van der Waals surface area contributed by atoms with E-state index < -0.39 is 11.7 Å². The second kappa shape index (κ2) is 7.13. The van der Waals surface area contributed by atoms with Gasteiger partial charge in [-0.15, -0.1) is 5.10 Å². The smallest absolute Gasteiger partial charge is 0.338 e. The molecule has 2 aromatic carbocycles. The molecular formula is C18H12Cl2F3N3. The van der Waals surface area contributed by atoms with Crippen molar-refractivity contribution in [3.8, 4) is 11.1 Å². The van der Waals surface area contributed by atoms with Gasteiger partial charge in [0.25, 0.3) is 0 Å². The van der Waals surface area contributed by atoms with Crippen LogP contribution in [0.15, 0.2) is 48.7 Å². The van der Waals surface area contributed by atoms with Crippen LogP contribution < -0.4 is 5.32 Å². The van der Waals surface area contributed by atoms with Gasteiger partial charge in [0.15, 0.2) is 5.82 Å². The van der Waals surface area contributed by atoms with Crippen molar-refractivity contribution < 1.29 is 13.2 Å². The molecule has 3 rings (SSSR count). The summed E-state index contributed by atoms with van der Waals surface area (Å²) in [6.07, 6.45) is -2.93. The molecule has 134 valence electrons. The van der Waals surface area contributed by atoms with Gasteiger partial charge < -0.3 is 5.32 Å². The molecule has 3 aromatic rings. The van der Waals surface area contributed by atoms with E-state index in [0.29, 0.717) is 38.2 Å². The lowest BCUT2D eigenvalue weighted by Crippen LogP contribution is -2.05. The van der Waals surface area contributed by atoms with Crippen LogP contribution in [-0.4, -0.2) is 10.2 Å². The molecule has 0 spiro atoms. The first kappa shape index (κ1) is 18.5. The summed E-state index contributed by atoms with van der Waals surface area (Å²) in [4.78, 5) is 0. The molecule has 0 aliphatic heterocycles. The van der Waals surface area contributed by atoms with Crippen LogP contribution in [0, 0.1) is 6.92 Å². The van der Waals surface area contributed by atoms with E-state index in [4.69, 9.17) is 23.2 Å². The first-order valence-corrected chi connectivity index (χ1v) is 8.23. The van der Waals surface area contributed by atoms with Gasteiger partial charge >= 0.3 is 6.18 Å². The molecule has 0 saturated carbocycles. The highest BCUT2D eigenvalue weighted by Crippen LogP contribution is 2.36. The maximum Gasteiger partial charge on any atom is 0.416 e. The summed E-state index contributed by atoms with van der Waals surface area (Å²) >= 11 is 11.9. The SMILES string of the molecule is Cc1cnnc(Nc2ccc(Cl)c(Cl)c2)c1-c1cccc(C(F)(F)F)c1. The van der Waals surface area contributed by atoms with Gasteiger partial charge in [-0.25, -0.2) is 0 Å². The fraction of sp³-hybridized carbons (Fsp3) is 0.111. The molecule has 1 heterocycles. The molecule has 0 aliphatic rings. The maximum absolute atomic E-state index is 13.0. The highest BCUT2D eigenvalue weighted by molar-refractivity contribution is 6.42. The topological polar surface area (TPSA) is 37.8 Å². The number of hydrogen-bond donors (Lipinski definition) is 1. The first-order chi connectivity index (χ1) is 12.3. The number of nitrogens with one attached hydrogen (secondary N) is 1. The van der Waals surface area contributed by atoms with E-state index in [0.717, 1.165) is 12.1 Å². The van der Waals surface area contributed by atoms with Crippen molar-refractivity contribution in [2.75, 3.05) is 5.32 Å². The monoisotopic (exact) mass is 397 g/mol. The molecule has 1 aromatic heterocycles. The Bertz CT molecular complexity index is 959. The Morgan fingerprint density at radius 3 is 2.46 bits per heavy atom. The Morgan fingerprint density at radius 1 is 1.00 bits per heavy atom. The zero-order valence-electron chi connectivity index (χ0n) is 13.4. The quantitative estimate of drug-likeness (QED) is 0.546. The van der Waals surface area contributed by atoms with Crippen LogP contribution in [0.1, 0.15) is 11.1 Å².